The number of halogens is 1. The summed E-state index contributed by atoms with van der Waals surface area (Å²) < 4.78 is 1.85. The molecule has 1 aromatic carbocycles. The van der Waals surface area contributed by atoms with Crippen LogP contribution in [0.5, 0.6) is 0 Å². The number of aromatic nitrogens is 2. The van der Waals surface area contributed by atoms with E-state index in [1.807, 2.05) is 29.1 Å². The van der Waals surface area contributed by atoms with Crippen LogP contribution < -0.4 is 5.73 Å². The number of rotatable bonds is 3. The first kappa shape index (κ1) is 10.8. The fraction of sp³-hybridized carbons (Fsp3) is 0.308. The molecule has 0 bridgehead atoms. The van der Waals surface area contributed by atoms with Gasteiger partial charge in [-0.3, -0.25) is 0 Å². The minimum absolute atomic E-state index is 0.467. The van der Waals surface area contributed by atoms with E-state index in [1.165, 1.54) is 12.8 Å². The molecule has 0 saturated heterocycles. The third kappa shape index (κ3) is 1.96. The maximum atomic E-state index is 6.23. The highest BCUT2D eigenvalue weighted by atomic mass is 35.5. The van der Waals surface area contributed by atoms with Gasteiger partial charge in [0.05, 0.1) is 16.4 Å². The zero-order chi connectivity index (χ0) is 11.8. The minimum Gasteiger partial charge on any atom is -0.326 e. The summed E-state index contributed by atoms with van der Waals surface area (Å²) in [7, 11) is 0. The van der Waals surface area contributed by atoms with E-state index in [1.54, 1.807) is 0 Å². The van der Waals surface area contributed by atoms with Crippen LogP contribution in [0.15, 0.2) is 30.5 Å². The highest BCUT2D eigenvalue weighted by Crippen LogP contribution is 2.39. The van der Waals surface area contributed by atoms with E-state index in [4.69, 9.17) is 17.3 Å². The van der Waals surface area contributed by atoms with Crippen molar-refractivity contribution in [1.29, 1.82) is 0 Å². The minimum atomic E-state index is 0.467. The summed E-state index contributed by atoms with van der Waals surface area (Å²) in [5.74, 6) is 0.653. The fourth-order valence-corrected chi connectivity index (χ4v) is 2.32. The van der Waals surface area contributed by atoms with Crippen LogP contribution in [0.1, 0.15) is 30.0 Å². The summed E-state index contributed by atoms with van der Waals surface area (Å²) in [5, 5.41) is 5.28. The van der Waals surface area contributed by atoms with Crippen molar-refractivity contribution in [2.75, 3.05) is 0 Å². The summed E-state index contributed by atoms with van der Waals surface area (Å²) in [5.41, 5.74) is 8.82. The lowest BCUT2D eigenvalue weighted by atomic mass is 10.2. The number of nitrogens with zero attached hydrogens (tertiary/aromatic N) is 2. The van der Waals surface area contributed by atoms with E-state index in [-0.39, 0.29) is 0 Å². The zero-order valence-corrected chi connectivity index (χ0v) is 10.2. The Balaban J connectivity index is 2.06. The molecule has 17 heavy (non-hydrogen) atoms. The van der Waals surface area contributed by atoms with Crippen LogP contribution in [-0.2, 0) is 6.54 Å². The monoisotopic (exact) mass is 247 g/mol. The Bertz CT molecular complexity index is 543. The highest BCUT2D eigenvalue weighted by molar-refractivity contribution is 6.32. The van der Waals surface area contributed by atoms with Crippen molar-refractivity contribution < 1.29 is 0 Å². The van der Waals surface area contributed by atoms with Crippen LogP contribution in [-0.4, -0.2) is 9.78 Å². The van der Waals surface area contributed by atoms with E-state index in [9.17, 15) is 0 Å². The quantitative estimate of drug-likeness (QED) is 0.907. The highest BCUT2D eigenvalue weighted by Gasteiger charge is 2.26. The van der Waals surface area contributed by atoms with Crippen molar-refractivity contribution in [3.8, 4) is 5.69 Å². The molecule has 1 fully saturated rings. The van der Waals surface area contributed by atoms with Crippen molar-refractivity contribution in [1.82, 2.24) is 9.78 Å². The second-order valence-corrected chi connectivity index (χ2v) is 4.82. The molecule has 0 unspecified atom stereocenters. The largest absolute Gasteiger partial charge is 0.326 e. The molecule has 1 aliphatic rings. The molecular formula is C13H14ClN3. The summed E-state index contributed by atoms with van der Waals surface area (Å²) in [6.07, 6.45) is 4.47. The Morgan fingerprint density at radius 2 is 2.18 bits per heavy atom. The molecule has 1 aromatic heterocycles. The van der Waals surface area contributed by atoms with Gasteiger partial charge in [-0.15, -0.1) is 0 Å². The van der Waals surface area contributed by atoms with E-state index in [0.717, 1.165) is 16.9 Å². The first-order chi connectivity index (χ1) is 8.29. The Morgan fingerprint density at radius 3 is 2.88 bits per heavy atom. The second-order valence-electron chi connectivity index (χ2n) is 4.41. The number of hydrogen-bond acceptors (Lipinski definition) is 2. The lowest BCUT2D eigenvalue weighted by Gasteiger charge is -2.09. The van der Waals surface area contributed by atoms with Gasteiger partial charge in [-0.1, -0.05) is 23.7 Å². The van der Waals surface area contributed by atoms with Gasteiger partial charge in [-0.05, 0) is 30.5 Å². The maximum absolute atomic E-state index is 6.23. The number of para-hydroxylation sites is 1. The van der Waals surface area contributed by atoms with Gasteiger partial charge in [0.2, 0.25) is 0 Å². The topological polar surface area (TPSA) is 43.8 Å². The Labute approximate surface area is 105 Å². The molecule has 2 N–H and O–H groups in total. The van der Waals surface area contributed by atoms with Crippen LogP contribution in [0.25, 0.3) is 5.69 Å². The molecule has 1 heterocycles. The normalized spacial score (nSPS) is 15.2. The summed E-state index contributed by atoms with van der Waals surface area (Å²) in [6, 6.07) is 7.84. The van der Waals surface area contributed by atoms with Crippen LogP contribution >= 0.6 is 11.6 Å². The van der Waals surface area contributed by atoms with E-state index < -0.39 is 0 Å². The van der Waals surface area contributed by atoms with Crippen molar-refractivity contribution >= 4 is 11.6 Å². The molecule has 3 nitrogen and oxygen atoms in total. The van der Waals surface area contributed by atoms with Gasteiger partial charge in [-0.25, -0.2) is 4.68 Å². The predicted octanol–water partition coefficient (Wildman–Crippen LogP) is 2.86. The van der Waals surface area contributed by atoms with Gasteiger partial charge in [0.1, 0.15) is 0 Å². The van der Waals surface area contributed by atoms with Gasteiger partial charge in [0.15, 0.2) is 0 Å². The van der Waals surface area contributed by atoms with E-state index >= 15 is 0 Å². The second kappa shape index (κ2) is 4.17. The zero-order valence-electron chi connectivity index (χ0n) is 9.44. The molecule has 4 heteroatoms. The Morgan fingerprint density at radius 1 is 1.35 bits per heavy atom. The molecule has 0 radical (unpaired) electrons. The molecule has 2 aromatic rings. The van der Waals surface area contributed by atoms with Gasteiger partial charge >= 0.3 is 0 Å². The van der Waals surface area contributed by atoms with Gasteiger partial charge in [0.25, 0.3) is 0 Å². The lowest BCUT2D eigenvalue weighted by Crippen LogP contribution is -2.06. The fourth-order valence-electron chi connectivity index (χ4n) is 2.04. The van der Waals surface area contributed by atoms with Gasteiger partial charge in [0, 0.05) is 18.7 Å². The number of benzene rings is 1. The SMILES string of the molecule is NCc1cccc(Cl)c1-n1ccc(C2CC2)n1. The molecule has 0 atom stereocenters. The van der Waals surface area contributed by atoms with E-state index in [0.29, 0.717) is 17.5 Å². The summed E-state index contributed by atoms with van der Waals surface area (Å²) in [4.78, 5) is 0. The van der Waals surface area contributed by atoms with Gasteiger partial charge in [-0.2, -0.15) is 5.10 Å². The summed E-state index contributed by atoms with van der Waals surface area (Å²) in [6.45, 7) is 0.467. The van der Waals surface area contributed by atoms with Crippen molar-refractivity contribution in [2.24, 2.45) is 5.73 Å². The smallest absolute Gasteiger partial charge is 0.0876 e. The Kier molecular flexibility index (Phi) is 2.65. The maximum Gasteiger partial charge on any atom is 0.0876 e. The molecule has 0 aliphatic heterocycles. The van der Waals surface area contributed by atoms with Crippen LogP contribution in [0.2, 0.25) is 5.02 Å². The first-order valence-corrected chi connectivity index (χ1v) is 6.21. The number of hydrogen-bond donors (Lipinski definition) is 1. The molecule has 1 aliphatic carbocycles. The molecule has 3 rings (SSSR count). The lowest BCUT2D eigenvalue weighted by molar-refractivity contribution is 0.823. The predicted molar refractivity (Wildman–Crippen MR) is 68.4 cm³/mol. The molecule has 1 saturated carbocycles. The average molecular weight is 248 g/mol. The number of nitrogens with two attached hydrogens (primary N) is 1. The standard InChI is InChI=1S/C13H14ClN3/c14-11-3-1-2-10(8-15)13(11)17-7-6-12(16-17)9-4-5-9/h1-3,6-7,9H,4-5,8,15H2. The average Bonchev–Trinajstić information content (AvgIpc) is 3.08. The van der Waals surface area contributed by atoms with Crippen molar-refractivity contribution in [2.45, 2.75) is 25.3 Å². The van der Waals surface area contributed by atoms with E-state index in [2.05, 4.69) is 11.2 Å². The molecule has 0 spiro atoms. The molecular weight excluding hydrogens is 234 g/mol. The third-order valence-electron chi connectivity index (χ3n) is 3.12. The third-order valence-corrected chi connectivity index (χ3v) is 3.43. The van der Waals surface area contributed by atoms with Gasteiger partial charge < -0.3 is 5.73 Å². The Hall–Kier alpha value is -1.32. The first-order valence-electron chi connectivity index (χ1n) is 5.83. The molecule has 88 valence electrons. The van der Waals surface area contributed by atoms with Crippen LogP contribution in [0.4, 0.5) is 0 Å². The van der Waals surface area contributed by atoms with Crippen LogP contribution in [0.3, 0.4) is 0 Å². The van der Waals surface area contributed by atoms with Crippen LogP contribution in [0, 0.1) is 0 Å². The van der Waals surface area contributed by atoms with Crippen molar-refractivity contribution in [3.63, 3.8) is 0 Å². The summed E-state index contributed by atoms with van der Waals surface area (Å²) >= 11 is 6.23. The molecule has 0 amide bonds. The van der Waals surface area contributed by atoms with Crippen molar-refractivity contribution in [3.05, 3.63) is 46.7 Å².